The Bertz CT molecular complexity index is 469. The number of hydrogen-bond acceptors (Lipinski definition) is 3. The van der Waals surface area contributed by atoms with Crippen molar-refractivity contribution in [1.29, 1.82) is 5.26 Å². The third kappa shape index (κ3) is 2.21. The molecule has 0 fully saturated rings. The number of carbonyl (C=O) groups excluding carboxylic acids is 1. The fourth-order valence-electron chi connectivity index (χ4n) is 1.12. The molecule has 4 nitrogen and oxygen atoms in total. The Hall–Kier alpha value is -1.44. The molecule has 6 heteroatoms. The van der Waals surface area contributed by atoms with Gasteiger partial charge in [0.1, 0.15) is 10.8 Å². The number of hydrogen-bond donors (Lipinski definition) is 0. The van der Waals surface area contributed by atoms with E-state index in [4.69, 9.17) is 33.2 Å². The first-order chi connectivity index (χ1) is 7.52. The molecule has 0 bridgehead atoms. The maximum Gasteiger partial charge on any atom is 0.329 e. The van der Waals surface area contributed by atoms with E-state index in [1.807, 2.05) is 0 Å². The molecule has 0 aliphatic rings. The fraction of sp³-hybridized carbons (Fsp3) is 0.200. The van der Waals surface area contributed by atoms with Crippen LogP contribution in [0.3, 0.4) is 0 Å². The predicted molar refractivity (Wildman–Crippen MR) is 62.0 cm³/mol. The number of amides is 1. The van der Waals surface area contributed by atoms with Crippen LogP contribution in [0.2, 0.25) is 10.0 Å². The van der Waals surface area contributed by atoms with Crippen molar-refractivity contribution in [3.63, 3.8) is 0 Å². The zero-order valence-electron chi connectivity index (χ0n) is 8.62. The summed E-state index contributed by atoms with van der Waals surface area (Å²) in [4.78, 5) is 12.3. The molecule has 0 aliphatic carbocycles. The van der Waals surface area contributed by atoms with Crippen LogP contribution >= 0.6 is 23.2 Å². The summed E-state index contributed by atoms with van der Waals surface area (Å²) in [6.07, 6.45) is 0. The number of anilines is 1. The fourth-order valence-corrected chi connectivity index (χ4v) is 1.64. The number of ether oxygens (including phenoxy) is 1. The van der Waals surface area contributed by atoms with Crippen LogP contribution in [0.1, 0.15) is 0 Å². The average molecular weight is 259 g/mol. The van der Waals surface area contributed by atoms with E-state index < -0.39 is 5.91 Å². The van der Waals surface area contributed by atoms with Gasteiger partial charge < -0.3 is 9.64 Å². The lowest BCUT2D eigenvalue weighted by Gasteiger charge is -2.16. The van der Waals surface area contributed by atoms with Gasteiger partial charge in [-0.1, -0.05) is 23.2 Å². The van der Waals surface area contributed by atoms with Crippen molar-refractivity contribution in [1.82, 2.24) is 0 Å². The Kier molecular flexibility index (Phi) is 3.99. The molecule has 1 aromatic rings. The van der Waals surface area contributed by atoms with E-state index in [1.165, 1.54) is 20.2 Å². The van der Waals surface area contributed by atoms with Crippen LogP contribution in [0.25, 0.3) is 0 Å². The lowest BCUT2D eigenvalue weighted by molar-refractivity contribution is -0.113. The molecule has 1 aromatic carbocycles. The monoisotopic (exact) mass is 258 g/mol. The van der Waals surface area contributed by atoms with Crippen molar-refractivity contribution in [2.24, 2.45) is 0 Å². The third-order valence-corrected chi connectivity index (χ3v) is 2.86. The van der Waals surface area contributed by atoms with Gasteiger partial charge in [0.25, 0.3) is 0 Å². The van der Waals surface area contributed by atoms with E-state index in [0.29, 0.717) is 11.4 Å². The molecule has 0 radical (unpaired) electrons. The van der Waals surface area contributed by atoms with Crippen molar-refractivity contribution in [2.45, 2.75) is 0 Å². The van der Waals surface area contributed by atoms with E-state index in [2.05, 4.69) is 0 Å². The first-order valence-electron chi connectivity index (χ1n) is 4.22. The third-order valence-electron chi connectivity index (χ3n) is 2.01. The van der Waals surface area contributed by atoms with Crippen molar-refractivity contribution < 1.29 is 9.53 Å². The van der Waals surface area contributed by atoms with E-state index in [1.54, 1.807) is 12.1 Å². The second-order valence-corrected chi connectivity index (χ2v) is 3.65. The van der Waals surface area contributed by atoms with E-state index in [-0.39, 0.29) is 10.0 Å². The summed E-state index contributed by atoms with van der Waals surface area (Å²) in [7, 11) is 2.90. The summed E-state index contributed by atoms with van der Waals surface area (Å²) < 4.78 is 4.96. The minimum Gasteiger partial charge on any atom is -0.495 e. The van der Waals surface area contributed by atoms with Gasteiger partial charge >= 0.3 is 5.91 Å². The van der Waals surface area contributed by atoms with Crippen molar-refractivity contribution >= 4 is 34.8 Å². The average Bonchev–Trinajstić information content (AvgIpc) is 2.30. The maximum absolute atomic E-state index is 11.2. The Morgan fingerprint density at radius 1 is 1.44 bits per heavy atom. The molecule has 0 aliphatic heterocycles. The summed E-state index contributed by atoms with van der Waals surface area (Å²) in [5.41, 5.74) is 0.360. The molecule has 16 heavy (non-hydrogen) atoms. The molecule has 0 N–H and O–H groups in total. The summed E-state index contributed by atoms with van der Waals surface area (Å²) in [5.74, 6) is -0.309. The smallest absolute Gasteiger partial charge is 0.329 e. The van der Waals surface area contributed by atoms with Gasteiger partial charge in [-0.2, -0.15) is 5.26 Å². The number of carbonyl (C=O) groups is 1. The molecule has 0 heterocycles. The first-order valence-corrected chi connectivity index (χ1v) is 4.98. The van der Waals surface area contributed by atoms with E-state index in [9.17, 15) is 4.79 Å². The number of methoxy groups -OCH3 is 1. The summed E-state index contributed by atoms with van der Waals surface area (Å²) in [6, 6.07) is 4.62. The highest BCUT2D eigenvalue weighted by Gasteiger charge is 2.17. The van der Waals surface area contributed by atoms with E-state index >= 15 is 0 Å². The Morgan fingerprint density at radius 3 is 2.56 bits per heavy atom. The number of benzene rings is 1. The second kappa shape index (κ2) is 5.06. The standard InChI is InChI=1S/C10H8Cl2N2O2/c1-14(8(15)5-13)6-3-4-7(16-2)10(12)9(6)11/h3-4H,1-2H3. The molecule has 1 rings (SSSR count). The Morgan fingerprint density at radius 2 is 2.06 bits per heavy atom. The molecule has 0 aromatic heterocycles. The topological polar surface area (TPSA) is 53.3 Å². The SMILES string of the molecule is COc1ccc(N(C)C(=O)C#N)c(Cl)c1Cl. The highest BCUT2D eigenvalue weighted by Crippen LogP contribution is 2.38. The number of halogens is 2. The van der Waals surface area contributed by atoms with Crippen LogP contribution in [-0.4, -0.2) is 20.1 Å². The lowest BCUT2D eigenvalue weighted by Crippen LogP contribution is -2.24. The summed E-state index contributed by atoms with van der Waals surface area (Å²) in [5, 5.41) is 8.87. The molecular weight excluding hydrogens is 251 g/mol. The minimum absolute atomic E-state index is 0.173. The minimum atomic E-state index is -0.719. The molecule has 0 atom stereocenters. The predicted octanol–water partition coefficient (Wildman–Crippen LogP) is 2.49. The lowest BCUT2D eigenvalue weighted by atomic mass is 10.2. The zero-order chi connectivity index (χ0) is 12.3. The maximum atomic E-state index is 11.2. The van der Waals surface area contributed by atoms with Gasteiger partial charge in [0.15, 0.2) is 6.07 Å². The van der Waals surface area contributed by atoms with Gasteiger partial charge in [0, 0.05) is 7.05 Å². The van der Waals surface area contributed by atoms with Crippen LogP contribution in [0.15, 0.2) is 12.1 Å². The van der Waals surface area contributed by atoms with Gasteiger partial charge in [-0.15, -0.1) is 0 Å². The normalized spacial score (nSPS) is 9.44. The number of nitrogens with zero attached hydrogens (tertiary/aromatic N) is 2. The molecule has 1 amide bonds. The van der Waals surface area contributed by atoms with Crippen molar-refractivity contribution in [2.75, 3.05) is 19.1 Å². The highest BCUT2D eigenvalue weighted by molar-refractivity contribution is 6.45. The van der Waals surface area contributed by atoms with Gasteiger partial charge in [-0.05, 0) is 12.1 Å². The van der Waals surface area contributed by atoms with E-state index in [0.717, 1.165) is 4.90 Å². The molecule has 0 saturated carbocycles. The van der Waals surface area contributed by atoms with Gasteiger partial charge in [-0.3, -0.25) is 4.79 Å². The molecule has 0 unspecified atom stereocenters. The molecular formula is C10H8Cl2N2O2. The van der Waals surface area contributed by atoms with Gasteiger partial charge in [0.05, 0.1) is 17.8 Å². The first kappa shape index (κ1) is 12.6. The van der Waals surface area contributed by atoms with Crippen LogP contribution < -0.4 is 9.64 Å². The summed E-state index contributed by atoms with van der Waals surface area (Å²) >= 11 is 11.9. The Labute approximate surface area is 103 Å². The second-order valence-electron chi connectivity index (χ2n) is 2.89. The molecule has 84 valence electrons. The largest absolute Gasteiger partial charge is 0.495 e. The van der Waals surface area contributed by atoms with Crippen LogP contribution in [-0.2, 0) is 4.79 Å². The Balaban J connectivity index is 3.23. The van der Waals surface area contributed by atoms with Crippen molar-refractivity contribution in [3.05, 3.63) is 22.2 Å². The quantitative estimate of drug-likeness (QED) is 0.766. The van der Waals surface area contributed by atoms with Crippen LogP contribution in [0.5, 0.6) is 5.75 Å². The van der Waals surface area contributed by atoms with Crippen LogP contribution in [0.4, 0.5) is 5.69 Å². The summed E-state index contributed by atoms with van der Waals surface area (Å²) in [6.45, 7) is 0. The zero-order valence-corrected chi connectivity index (χ0v) is 10.1. The number of rotatable bonds is 2. The molecule has 0 saturated heterocycles. The van der Waals surface area contributed by atoms with Crippen molar-refractivity contribution in [3.8, 4) is 11.8 Å². The molecule has 0 spiro atoms. The van der Waals surface area contributed by atoms with Gasteiger partial charge in [-0.25, -0.2) is 0 Å². The number of nitriles is 1. The van der Waals surface area contributed by atoms with Gasteiger partial charge in [0.2, 0.25) is 0 Å². The van der Waals surface area contributed by atoms with Crippen LogP contribution in [0, 0.1) is 11.3 Å². The highest BCUT2D eigenvalue weighted by atomic mass is 35.5.